The summed E-state index contributed by atoms with van der Waals surface area (Å²) in [6, 6.07) is 5.34. The molecule has 0 saturated heterocycles. The Morgan fingerprint density at radius 3 is 3.00 bits per heavy atom. The highest BCUT2D eigenvalue weighted by atomic mass is 16.5. The van der Waals surface area contributed by atoms with E-state index in [1.54, 1.807) is 6.07 Å². The molecule has 0 bridgehead atoms. The Balaban J connectivity index is 2.52. The second-order valence-electron chi connectivity index (χ2n) is 3.47. The lowest BCUT2D eigenvalue weighted by Crippen LogP contribution is -2.13. The van der Waals surface area contributed by atoms with E-state index in [0.29, 0.717) is 24.3 Å². The highest BCUT2D eigenvalue weighted by molar-refractivity contribution is 6.46. The molecule has 1 aliphatic rings. The van der Waals surface area contributed by atoms with Crippen molar-refractivity contribution in [3.8, 4) is 5.75 Å². The number of ether oxygens (including phenoxy) is 1. The van der Waals surface area contributed by atoms with Crippen LogP contribution in [0.4, 0.5) is 0 Å². The van der Waals surface area contributed by atoms with Gasteiger partial charge in [0.15, 0.2) is 0 Å². The minimum Gasteiger partial charge on any atom is -0.492 e. The number of aryl methyl sites for hydroxylation is 1. The summed E-state index contributed by atoms with van der Waals surface area (Å²) in [7, 11) is 0. The van der Waals surface area contributed by atoms with E-state index in [1.165, 1.54) is 0 Å². The fraction of sp³-hybridized carbons (Fsp3) is 0.273. The number of fused-ring (bicyclic) bond motifs is 1. The molecule has 1 heterocycles. The minimum absolute atomic E-state index is 0.151. The zero-order valence-corrected chi connectivity index (χ0v) is 8.36. The van der Waals surface area contributed by atoms with Crippen molar-refractivity contribution in [2.24, 2.45) is 5.16 Å². The minimum atomic E-state index is -0.259. The second kappa shape index (κ2) is 3.73. The summed E-state index contributed by atoms with van der Waals surface area (Å²) >= 11 is 0. The van der Waals surface area contributed by atoms with Crippen molar-refractivity contribution in [1.82, 2.24) is 0 Å². The van der Waals surface area contributed by atoms with E-state index in [0.717, 1.165) is 5.56 Å². The maximum atomic E-state index is 11.8. The molecule has 0 radical (unpaired) electrons. The van der Waals surface area contributed by atoms with Crippen LogP contribution in [-0.2, 0) is 0 Å². The fourth-order valence-electron chi connectivity index (χ4n) is 1.56. The highest BCUT2D eigenvalue weighted by Crippen LogP contribution is 2.24. The molecule has 0 amide bonds. The molecule has 1 aromatic rings. The topological polar surface area (TPSA) is 58.9 Å². The first-order valence-corrected chi connectivity index (χ1v) is 4.71. The van der Waals surface area contributed by atoms with Crippen LogP contribution in [0.15, 0.2) is 23.4 Å². The molecule has 4 heteroatoms. The molecule has 1 N–H and O–H groups in total. The number of hydrogen-bond acceptors (Lipinski definition) is 4. The number of rotatable bonds is 0. The van der Waals surface area contributed by atoms with Crippen molar-refractivity contribution in [3.05, 3.63) is 29.3 Å². The molecular weight excluding hydrogens is 194 g/mol. The molecular formula is C11H11NO3. The third kappa shape index (κ3) is 1.70. The van der Waals surface area contributed by atoms with Crippen molar-refractivity contribution in [2.75, 3.05) is 6.61 Å². The van der Waals surface area contributed by atoms with E-state index >= 15 is 0 Å². The predicted molar refractivity (Wildman–Crippen MR) is 54.8 cm³/mol. The molecule has 0 aliphatic carbocycles. The third-order valence-corrected chi connectivity index (χ3v) is 2.36. The van der Waals surface area contributed by atoms with Gasteiger partial charge >= 0.3 is 0 Å². The number of benzene rings is 1. The van der Waals surface area contributed by atoms with E-state index < -0.39 is 0 Å². The van der Waals surface area contributed by atoms with Crippen LogP contribution in [0.1, 0.15) is 22.3 Å². The zero-order valence-electron chi connectivity index (χ0n) is 8.36. The number of carbonyl (C=O) groups excluding carboxylic acids is 1. The lowest BCUT2D eigenvalue weighted by Gasteiger charge is -2.05. The molecule has 0 aromatic heterocycles. The van der Waals surface area contributed by atoms with E-state index in [1.807, 2.05) is 19.1 Å². The van der Waals surface area contributed by atoms with E-state index in [-0.39, 0.29) is 11.5 Å². The Morgan fingerprint density at radius 2 is 2.27 bits per heavy atom. The van der Waals surface area contributed by atoms with Crippen LogP contribution in [0.2, 0.25) is 0 Å². The maximum Gasteiger partial charge on any atom is 0.214 e. The van der Waals surface area contributed by atoms with Gasteiger partial charge in [-0.3, -0.25) is 4.79 Å². The fourth-order valence-corrected chi connectivity index (χ4v) is 1.56. The van der Waals surface area contributed by atoms with Crippen LogP contribution < -0.4 is 4.74 Å². The largest absolute Gasteiger partial charge is 0.492 e. The van der Waals surface area contributed by atoms with Crippen molar-refractivity contribution in [2.45, 2.75) is 13.3 Å². The first kappa shape index (κ1) is 9.71. The first-order chi connectivity index (χ1) is 7.22. The van der Waals surface area contributed by atoms with E-state index in [2.05, 4.69) is 5.16 Å². The summed E-state index contributed by atoms with van der Waals surface area (Å²) in [5, 5.41) is 11.7. The molecule has 15 heavy (non-hydrogen) atoms. The lowest BCUT2D eigenvalue weighted by atomic mass is 10.0. The van der Waals surface area contributed by atoms with Crippen LogP contribution in [0.5, 0.6) is 5.75 Å². The third-order valence-electron chi connectivity index (χ3n) is 2.36. The Labute approximate surface area is 87.2 Å². The van der Waals surface area contributed by atoms with Crippen LogP contribution in [0.3, 0.4) is 0 Å². The van der Waals surface area contributed by atoms with Gasteiger partial charge in [0.25, 0.3) is 0 Å². The SMILES string of the molecule is Cc1ccc2c(c1)OCCC(=NO)C2=O. The van der Waals surface area contributed by atoms with Crippen molar-refractivity contribution in [1.29, 1.82) is 0 Å². The van der Waals surface area contributed by atoms with Gasteiger partial charge in [-0.15, -0.1) is 0 Å². The molecule has 78 valence electrons. The Kier molecular flexibility index (Phi) is 2.41. The van der Waals surface area contributed by atoms with Gasteiger partial charge in [0, 0.05) is 6.42 Å². The van der Waals surface area contributed by atoms with Gasteiger partial charge in [-0.25, -0.2) is 0 Å². The van der Waals surface area contributed by atoms with Gasteiger partial charge < -0.3 is 9.94 Å². The van der Waals surface area contributed by atoms with E-state index in [9.17, 15) is 4.79 Å². The van der Waals surface area contributed by atoms with Crippen molar-refractivity contribution >= 4 is 11.5 Å². The Bertz CT molecular complexity index is 437. The number of oxime groups is 1. The molecule has 0 unspecified atom stereocenters. The second-order valence-corrected chi connectivity index (χ2v) is 3.47. The highest BCUT2D eigenvalue weighted by Gasteiger charge is 2.22. The first-order valence-electron chi connectivity index (χ1n) is 4.71. The Morgan fingerprint density at radius 1 is 1.47 bits per heavy atom. The van der Waals surface area contributed by atoms with Crippen LogP contribution in [0.25, 0.3) is 0 Å². The number of Topliss-reactive ketones (excluding diaryl/α,β-unsaturated/α-hetero) is 1. The van der Waals surface area contributed by atoms with Crippen LogP contribution in [0, 0.1) is 6.92 Å². The molecule has 0 spiro atoms. The predicted octanol–water partition coefficient (Wildman–Crippen LogP) is 1.79. The van der Waals surface area contributed by atoms with Crippen molar-refractivity contribution < 1.29 is 14.7 Å². The summed E-state index contributed by atoms with van der Waals surface area (Å²) in [6.45, 7) is 2.29. The van der Waals surface area contributed by atoms with Crippen LogP contribution in [-0.4, -0.2) is 23.3 Å². The quantitative estimate of drug-likeness (QED) is 0.519. The van der Waals surface area contributed by atoms with Gasteiger partial charge in [0.05, 0.1) is 12.2 Å². The molecule has 4 nitrogen and oxygen atoms in total. The smallest absolute Gasteiger partial charge is 0.214 e. The monoisotopic (exact) mass is 205 g/mol. The van der Waals surface area contributed by atoms with Crippen LogP contribution >= 0.6 is 0 Å². The van der Waals surface area contributed by atoms with Gasteiger partial charge in [-0.05, 0) is 24.6 Å². The van der Waals surface area contributed by atoms with Gasteiger partial charge in [-0.1, -0.05) is 11.2 Å². The normalized spacial score (nSPS) is 18.2. The standard InChI is InChI=1S/C11H11NO3/c1-7-2-3-8-10(6-7)15-5-4-9(12-14)11(8)13/h2-3,6,14H,4-5H2,1H3. The average Bonchev–Trinajstić information content (AvgIpc) is 2.37. The molecule has 0 fully saturated rings. The van der Waals surface area contributed by atoms with Crippen molar-refractivity contribution in [3.63, 3.8) is 0 Å². The molecule has 0 saturated carbocycles. The lowest BCUT2D eigenvalue weighted by molar-refractivity contribution is 0.106. The maximum absolute atomic E-state index is 11.8. The average molecular weight is 205 g/mol. The molecule has 0 atom stereocenters. The van der Waals surface area contributed by atoms with Gasteiger partial charge in [0.2, 0.25) is 5.78 Å². The number of ketones is 1. The summed E-state index contributed by atoms with van der Waals surface area (Å²) in [6.07, 6.45) is 0.336. The molecule has 2 rings (SSSR count). The van der Waals surface area contributed by atoms with Gasteiger partial charge in [0.1, 0.15) is 11.5 Å². The number of hydrogen-bond donors (Lipinski definition) is 1. The molecule has 1 aliphatic heterocycles. The summed E-state index contributed by atoms with van der Waals surface area (Å²) in [4.78, 5) is 11.8. The zero-order chi connectivity index (χ0) is 10.8. The van der Waals surface area contributed by atoms with E-state index in [4.69, 9.17) is 9.94 Å². The summed E-state index contributed by atoms with van der Waals surface area (Å²) in [5.41, 5.74) is 1.65. The number of carbonyl (C=O) groups is 1. The Hall–Kier alpha value is -1.84. The molecule has 1 aromatic carbocycles. The number of nitrogens with zero attached hydrogens (tertiary/aromatic N) is 1. The van der Waals surface area contributed by atoms with Gasteiger partial charge in [-0.2, -0.15) is 0 Å². The summed E-state index contributed by atoms with van der Waals surface area (Å²) < 4.78 is 5.42. The summed E-state index contributed by atoms with van der Waals surface area (Å²) in [5.74, 6) is 0.309.